The summed E-state index contributed by atoms with van der Waals surface area (Å²) < 4.78 is 2.09. The molecule has 2 aromatic carbocycles. The third-order valence-electron chi connectivity index (χ3n) is 5.57. The maximum absolute atomic E-state index is 12.9. The van der Waals surface area contributed by atoms with Gasteiger partial charge < -0.3 is 9.80 Å². The Morgan fingerprint density at radius 3 is 2.42 bits per heavy atom. The van der Waals surface area contributed by atoms with E-state index in [0.717, 1.165) is 35.4 Å². The van der Waals surface area contributed by atoms with Gasteiger partial charge in [-0.3, -0.25) is 9.36 Å². The van der Waals surface area contributed by atoms with Crippen molar-refractivity contribution in [2.24, 2.45) is 0 Å². The van der Waals surface area contributed by atoms with Crippen LogP contribution in [0.15, 0.2) is 59.8 Å². The van der Waals surface area contributed by atoms with Gasteiger partial charge in [0.05, 0.1) is 11.4 Å². The van der Waals surface area contributed by atoms with Gasteiger partial charge in [0.1, 0.15) is 0 Å². The van der Waals surface area contributed by atoms with E-state index in [1.165, 1.54) is 30.2 Å². The Morgan fingerprint density at radius 1 is 1.03 bits per heavy atom. The van der Waals surface area contributed by atoms with Gasteiger partial charge in [-0.15, -0.1) is 10.2 Å². The molecule has 0 unspecified atom stereocenters. The van der Waals surface area contributed by atoms with E-state index in [-0.39, 0.29) is 5.91 Å². The van der Waals surface area contributed by atoms with Gasteiger partial charge in [-0.1, -0.05) is 59.8 Å². The predicted molar refractivity (Wildman–Crippen MR) is 126 cm³/mol. The molecule has 1 fully saturated rings. The SMILES string of the molecule is CCN(Cc1ccccc1)C(=O)CSc1nnc(N2CCCC2)n1-c1ccc(C)cc1. The van der Waals surface area contributed by atoms with Crippen molar-refractivity contribution in [1.29, 1.82) is 0 Å². The molecule has 0 saturated carbocycles. The molecule has 1 aliphatic rings. The molecule has 1 aliphatic heterocycles. The van der Waals surface area contributed by atoms with Gasteiger partial charge in [0.25, 0.3) is 0 Å². The van der Waals surface area contributed by atoms with Gasteiger partial charge >= 0.3 is 0 Å². The first-order chi connectivity index (χ1) is 15.2. The number of amides is 1. The number of anilines is 1. The second-order valence-corrected chi connectivity index (χ2v) is 8.77. The molecule has 0 bridgehead atoms. The Morgan fingerprint density at radius 2 is 1.74 bits per heavy atom. The molecule has 31 heavy (non-hydrogen) atoms. The molecule has 4 rings (SSSR count). The van der Waals surface area contributed by atoms with Gasteiger partial charge in [0.2, 0.25) is 11.9 Å². The molecule has 6 nitrogen and oxygen atoms in total. The number of rotatable bonds is 8. The van der Waals surface area contributed by atoms with Crippen LogP contribution >= 0.6 is 11.8 Å². The summed E-state index contributed by atoms with van der Waals surface area (Å²) in [5, 5.41) is 9.72. The van der Waals surface area contributed by atoms with Crippen LogP contribution in [0, 0.1) is 6.92 Å². The van der Waals surface area contributed by atoms with Crippen molar-refractivity contribution in [2.45, 2.75) is 38.4 Å². The Kier molecular flexibility index (Phi) is 6.92. The van der Waals surface area contributed by atoms with Crippen molar-refractivity contribution in [3.63, 3.8) is 0 Å². The van der Waals surface area contributed by atoms with Crippen molar-refractivity contribution in [1.82, 2.24) is 19.7 Å². The minimum atomic E-state index is 0.109. The Hall–Kier alpha value is -2.80. The number of hydrogen-bond acceptors (Lipinski definition) is 5. The lowest BCUT2D eigenvalue weighted by Gasteiger charge is -2.21. The molecule has 0 radical (unpaired) electrons. The molecule has 1 saturated heterocycles. The van der Waals surface area contributed by atoms with Crippen molar-refractivity contribution in [3.05, 3.63) is 65.7 Å². The van der Waals surface area contributed by atoms with E-state index in [1.54, 1.807) is 0 Å². The summed E-state index contributed by atoms with van der Waals surface area (Å²) >= 11 is 1.46. The van der Waals surface area contributed by atoms with Crippen LogP contribution in [-0.4, -0.2) is 51.0 Å². The molecular weight excluding hydrogens is 406 g/mol. The van der Waals surface area contributed by atoms with Crippen molar-refractivity contribution < 1.29 is 4.79 Å². The molecule has 7 heteroatoms. The summed E-state index contributed by atoms with van der Waals surface area (Å²) in [4.78, 5) is 17.1. The minimum absolute atomic E-state index is 0.109. The first kappa shape index (κ1) is 21.4. The highest BCUT2D eigenvalue weighted by Gasteiger charge is 2.23. The highest BCUT2D eigenvalue weighted by Crippen LogP contribution is 2.29. The Balaban J connectivity index is 1.52. The lowest BCUT2D eigenvalue weighted by Crippen LogP contribution is -2.31. The van der Waals surface area contributed by atoms with Crippen molar-refractivity contribution >= 4 is 23.6 Å². The molecule has 0 N–H and O–H groups in total. The van der Waals surface area contributed by atoms with E-state index in [0.29, 0.717) is 18.8 Å². The Bertz CT molecular complexity index is 997. The van der Waals surface area contributed by atoms with Crippen LogP contribution in [0.5, 0.6) is 0 Å². The van der Waals surface area contributed by atoms with Gasteiger partial charge in [-0.05, 0) is 44.4 Å². The summed E-state index contributed by atoms with van der Waals surface area (Å²) in [6.45, 7) is 7.39. The topological polar surface area (TPSA) is 54.3 Å². The molecule has 162 valence electrons. The molecule has 1 amide bonds. The second-order valence-electron chi connectivity index (χ2n) is 7.83. The number of carbonyl (C=O) groups excluding carboxylic acids is 1. The highest BCUT2D eigenvalue weighted by atomic mass is 32.2. The van der Waals surface area contributed by atoms with Crippen LogP contribution < -0.4 is 4.90 Å². The van der Waals surface area contributed by atoms with Crippen molar-refractivity contribution in [2.75, 3.05) is 30.3 Å². The Labute approximate surface area is 188 Å². The van der Waals surface area contributed by atoms with E-state index < -0.39 is 0 Å². The first-order valence-electron chi connectivity index (χ1n) is 10.9. The van der Waals surface area contributed by atoms with Crippen LogP contribution in [-0.2, 0) is 11.3 Å². The summed E-state index contributed by atoms with van der Waals surface area (Å²) in [5.74, 6) is 1.32. The lowest BCUT2D eigenvalue weighted by atomic mass is 10.2. The van der Waals surface area contributed by atoms with E-state index in [4.69, 9.17) is 0 Å². The van der Waals surface area contributed by atoms with Gasteiger partial charge in [-0.25, -0.2) is 0 Å². The quantitative estimate of drug-likeness (QED) is 0.493. The number of hydrogen-bond donors (Lipinski definition) is 0. The van der Waals surface area contributed by atoms with Gasteiger partial charge in [-0.2, -0.15) is 0 Å². The van der Waals surface area contributed by atoms with E-state index in [1.807, 2.05) is 30.0 Å². The minimum Gasteiger partial charge on any atom is -0.341 e. The van der Waals surface area contributed by atoms with E-state index in [2.05, 4.69) is 63.0 Å². The fourth-order valence-electron chi connectivity index (χ4n) is 3.80. The average Bonchev–Trinajstić information content (AvgIpc) is 3.47. The van der Waals surface area contributed by atoms with Crippen LogP contribution in [0.25, 0.3) is 5.69 Å². The summed E-state index contributed by atoms with van der Waals surface area (Å²) in [6, 6.07) is 18.5. The van der Waals surface area contributed by atoms with Crippen LogP contribution in [0.2, 0.25) is 0 Å². The fraction of sp³-hybridized carbons (Fsp3) is 0.375. The van der Waals surface area contributed by atoms with Crippen LogP contribution in [0.1, 0.15) is 30.9 Å². The summed E-state index contributed by atoms with van der Waals surface area (Å²) in [7, 11) is 0. The molecule has 0 atom stereocenters. The summed E-state index contributed by atoms with van der Waals surface area (Å²) in [6.07, 6.45) is 2.35. The number of nitrogens with zero attached hydrogens (tertiary/aromatic N) is 5. The summed E-state index contributed by atoms with van der Waals surface area (Å²) in [5.41, 5.74) is 3.38. The van der Waals surface area contributed by atoms with E-state index in [9.17, 15) is 4.79 Å². The second kappa shape index (κ2) is 10.0. The number of thioether (sulfide) groups is 1. The van der Waals surface area contributed by atoms with Crippen molar-refractivity contribution in [3.8, 4) is 5.69 Å². The number of carbonyl (C=O) groups is 1. The molecule has 0 spiro atoms. The molecular formula is C24H29N5OS. The normalized spacial score (nSPS) is 13.5. The maximum Gasteiger partial charge on any atom is 0.233 e. The fourth-order valence-corrected chi connectivity index (χ4v) is 4.65. The highest BCUT2D eigenvalue weighted by molar-refractivity contribution is 7.99. The number of benzene rings is 2. The first-order valence-corrected chi connectivity index (χ1v) is 11.9. The third kappa shape index (κ3) is 5.10. The maximum atomic E-state index is 12.9. The zero-order chi connectivity index (χ0) is 21.6. The van der Waals surface area contributed by atoms with E-state index >= 15 is 0 Å². The standard InChI is InChI=1S/C24H29N5OS/c1-3-27(17-20-9-5-4-6-10-20)22(30)18-31-24-26-25-23(28-15-7-8-16-28)29(24)21-13-11-19(2)12-14-21/h4-6,9-14H,3,7-8,15-18H2,1-2H3. The largest absolute Gasteiger partial charge is 0.341 e. The zero-order valence-electron chi connectivity index (χ0n) is 18.2. The third-order valence-corrected chi connectivity index (χ3v) is 6.49. The van der Waals surface area contributed by atoms with Crippen LogP contribution in [0.4, 0.5) is 5.95 Å². The zero-order valence-corrected chi connectivity index (χ0v) is 19.0. The van der Waals surface area contributed by atoms with Crippen LogP contribution in [0.3, 0.4) is 0 Å². The molecule has 3 aromatic rings. The number of aromatic nitrogens is 3. The van der Waals surface area contributed by atoms with Gasteiger partial charge in [0.15, 0.2) is 5.16 Å². The van der Waals surface area contributed by atoms with Gasteiger partial charge in [0, 0.05) is 26.2 Å². The monoisotopic (exact) mass is 435 g/mol. The molecule has 1 aromatic heterocycles. The molecule has 2 heterocycles. The predicted octanol–water partition coefficient (Wildman–Crippen LogP) is 4.32. The average molecular weight is 436 g/mol. The molecule has 0 aliphatic carbocycles. The number of aryl methyl sites for hydroxylation is 1. The lowest BCUT2D eigenvalue weighted by molar-refractivity contribution is -0.128. The smallest absolute Gasteiger partial charge is 0.233 e.